The van der Waals surface area contributed by atoms with Crippen LogP contribution in [0.25, 0.3) is 85.6 Å². The average molecular weight is 539 g/mol. The van der Waals surface area contributed by atoms with Crippen molar-refractivity contribution in [1.82, 2.24) is 8.97 Å². The van der Waals surface area contributed by atoms with Gasteiger partial charge in [-0.05, 0) is 36.4 Å². The van der Waals surface area contributed by atoms with E-state index < -0.39 is 0 Å². The summed E-state index contributed by atoms with van der Waals surface area (Å²) in [6.07, 6.45) is 2.34. The molecule has 0 spiro atoms. The van der Waals surface area contributed by atoms with Crippen molar-refractivity contribution in [1.29, 1.82) is 0 Å². The minimum absolute atomic E-state index is 1.18. The van der Waals surface area contributed by atoms with Gasteiger partial charge in [-0.1, -0.05) is 91.0 Å². The maximum Gasteiger partial charge on any atom is 0.0635 e. The number of rotatable bonds is 1. The Labute approximate surface area is 238 Å². The van der Waals surface area contributed by atoms with Crippen LogP contribution in [0, 0.1) is 0 Å². The Balaban J connectivity index is 1.57. The summed E-state index contributed by atoms with van der Waals surface area (Å²) in [7, 11) is 0. The predicted molar refractivity (Wildman–Crippen MR) is 177 cm³/mol. The van der Waals surface area contributed by atoms with Crippen LogP contribution in [0.3, 0.4) is 0 Å². The van der Waals surface area contributed by atoms with Gasteiger partial charge in [-0.2, -0.15) is 0 Å². The number of hydrogen-bond acceptors (Lipinski definition) is 1. The molecule has 0 amide bonds. The molecule has 6 aromatic carbocycles. The Morgan fingerprint density at radius 1 is 0.415 bits per heavy atom. The molecule has 0 aliphatic rings. The smallest absolute Gasteiger partial charge is 0.0635 e. The Bertz CT molecular complexity index is 2690. The first-order valence-electron chi connectivity index (χ1n) is 14.0. The number of aromatic nitrogens is 2. The first-order valence-corrected chi connectivity index (χ1v) is 14.9. The highest BCUT2D eigenvalue weighted by Crippen LogP contribution is 2.46. The molecule has 0 saturated heterocycles. The zero-order valence-electron chi connectivity index (χ0n) is 22.0. The van der Waals surface area contributed by atoms with Gasteiger partial charge in [-0.15, -0.1) is 11.3 Å². The Morgan fingerprint density at radius 2 is 1.12 bits per heavy atom. The molecule has 0 bridgehead atoms. The lowest BCUT2D eigenvalue weighted by Gasteiger charge is -2.13. The van der Waals surface area contributed by atoms with Gasteiger partial charge in [0.1, 0.15) is 0 Å². The van der Waals surface area contributed by atoms with E-state index in [-0.39, 0.29) is 0 Å². The molecule has 0 aliphatic carbocycles. The van der Waals surface area contributed by atoms with E-state index in [1.807, 2.05) is 11.3 Å². The third kappa shape index (κ3) is 2.71. The first-order chi connectivity index (χ1) is 20.4. The van der Waals surface area contributed by atoms with Gasteiger partial charge in [0.25, 0.3) is 0 Å². The minimum atomic E-state index is 1.18. The van der Waals surface area contributed by atoms with E-state index in [0.717, 1.165) is 0 Å². The molecule has 10 rings (SSSR count). The monoisotopic (exact) mass is 538 g/mol. The third-order valence-electron chi connectivity index (χ3n) is 8.86. The molecule has 0 saturated carbocycles. The largest absolute Gasteiger partial charge is 0.314 e. The van der Waals surface area contributed by atoms with Crippen LogP contribution < -0.4 is 0 Å². The van der Waals surface area contributed by atoms with Gasteiger partial charge >= 0.3 is 0 Å². The summed E-state index contributed by atoms with van der Waals surface area (Å²) in [6, 6.07) is 46.7. The lowest BCUT2D eigenvalue weighted by atomic mass is 9.97. The van der Waals surface area contributed by atoms with Gasteiger partial charge < -0.3 is 8.97 Å². The fourth-order valence-corrected chi connectivity index (χ4v) is 8.37. The van der Waals surface area contributed by atoms with Crippen LogP contribution in [0.4, 0.5) is 0 Å². The van der Waals surface area contributed by atoms with E-state index in [1.54, 1.807) is 0 Å². The lowest BCUT2D eigenvalue weighted by Crippen LogP contribution is -1.94. The van der Waals surface area contributed by atoms with Crippen LogP contribution in [0.5, 0.6) is 0 Å². The highest BCUT2D eigenvalue weighted by molar-refractivity contribution is 7.26. The van der Waals surface area contributed by atoms with Gasteiger partial charge in [0.2, 0.25) is 0 Å². The summed E-state index contributed by atoms with van der Waals surface area (Å²) in [5.41, 5.74) is 6.19. The van der Waals surface area contributed by atoms with Gasteiger partial charge in [-0.3, -0.25) is 0 Å². The molecule has 190 valence electrons. The van der Waals surface area contributed by atoms with E-state index in [2.05, 4.69) is 143 Å². The summed E-state index contributed by atoms with van der Waals surface area (Å²) in [6.45, 7) is 0. The molecule has 0 fully saturated rings. The Morgan fingerprint density at radius 3 is 2.02 bits per heavy atom. The lowest BCUT2D eigenvalue weighted by molar-refractivity contribution is 1.18. The zero-order chi connectivity index (χ0) is 26.7. The van der Waals surface area contributed by atoms with Gasteiger partial charge in [-0.25, -0.2) is 0 Å². The second kappa shape index (κ2) is 7.75. The molecular weight excluding hydrogens is 516 g/mol. The number of benzene rings is 6. The summed E-state index contributed by atoms with van der Waals surface area (Å²) in [4.78, 5) is 0. The average Bonchev–Trinajstić information content (AvgIpc) is 3.71. The maximum absolute atomic E-state index is 2.48. The maximum atomic E-state index is 2.48. The van der Waals surface area contributed by atoms with E-state index in [1.165, 1.54) is 85.6 Å². The van der Waals surface area contributed by atoms with Crippen LogP contribution in [0.15, 0.2) is 134 Å². The van der Waals surface area contributed by atoms with Crippen LogP contribution in [-0.2, 0) is 0 Å². The molecule has 4 heterocycles. The Hall–Kier alpha value is -5.12. The van der Waals surface area contributed by atoms with Crippen molar-refractivity contribution in [2.45, 2.75) is 0 Å². The van der Waals surface area contributed by atoms with Gasteiger partial charge in [0, 0.05) is 69.8 Å². The summed E-state index contributed by atoms with van der Waals surface area (Å²) in [5, 5.41) is 11.8. The number of para-hydroxylation sites is 2. The van der Waals surface area contributed by atoms with Crippen molar-refractivity contribution in [2.75, 3.05) is 0 Å². The minimum Gasteiger partial charge on any atom is -0.314 e. The molecule has 3 heteroatoms. The van der Waals surface area contributed by atoms with E-state index in [0.29, 0.717) is 0 Å². The van der Waals surface area contributed by atoms with Crippen molar-refractivity contribution in [3.8, 4) is 5.69 Å². The molecule has 0 radical (unpaired) electrons. The molecule has 0 atom stereocenters. The summed E-state index contributed by atoms with van der Waals surface area (Å²) < 4.78 is 7.58. The van der Waals surface area contributed by atoms with Crippen molar-refractivity contribution >= 4 is 91.3 Å². The van der Waals surface area contributed by atoms with Crippen molar-refractivity contribution in [2.24, 2.45) is 0 Å². The quantitative estimate of drug-likeness (QED) is 0.184. The second-order valence-corrected chi connectivity index (χ2v) is 12.0. The van der Waals surface area contributed by atoms with E-state index in [4.69, 9.17) is 0 Å². The fraction of sp³-hybridized carbons (Fsp3) is 0. The van der Waals surface area contributed by atoms with Crippen LogP contribution in [-0.4, -0.2) is 8.97 Å². The molecule has 0 aliphatic heterocycles. The van der Waals surface area contributed by atoms with E-state index >= 15 is 0 Å². The predicted octanol–water partition coefficient (Wildman–Crippen LogP) is 10.9. The topological polar surface area (TPSA) is 9.34 Å². The molecule has 2 nitrogen and oxygen atoms in total. The first kappa shape index (κ1) is 21.7. The Kier molecular flexibility index (Phi) is 4.10. The highest BCUT2D eigenvalue weighted by atomic mass is 32.1. The van der Waals surface area contributed by atoms with Crippen LogP contribution in [0.2, 0.25) is 0 Å². The molecule has 4 aromatic heterocycles. The van der Waals surface area contributed by atoms with Crippen LogP contribution in [0.1, 0.15) is 0 Å². The number of nitrogens with zero attached hydrogens (tertiary/aromatic N) is 2. The summed E-state index contributed by atoms with van der Waals surface area (Å²) in [5.74, 6) is 0. The zero-order valence-corrected chi connectivity index (χ0v) is 22.8. The van der Waals surface area contributed by atoms with Gasteiger partial charge in [0.05, 0.1) is 22.1 Å². The SMILES string of the molecule is c1ccc(-n2c3ccccc3c3c2ccc2c4c(ccc5sc6ccccc6c54)c4c5ccccc5cn4c23)cc1. The molecule has 0 unspecified atom stereocenters. The number of fused-ring (bicyclic) bond motifs is 16. The standard InChI is InChI=1S/C38H22N2S/c1-2-11-24(12-3-1)40-30-16-8-6-14-26(30)35-31(40)20-18-29-34-28(19-21-33-36(34)27-15-7-9-17-32(27)41-33)37-25-13-5-4-10-23(25)22-39(37)38(29)35/h1-22H. The van der Waals surface area contributed by atoms with Crippen molar-refractivity contribution in [3.63, 3.8) is 0 Å². The molecule has 0 N–H and O–H groups in total. The summed E-state index contributed by atoms with van der Waals surface area (Å²) >= 11 is 1.89. The fourth-order valence-electron chi connectivity index (χ4n) is 7.25. The number of hydrogen-bond donors (Lipinski definition) is 0. The highest BCUT2D eigenvalue weighted by Gasteiger charge is 2.21. The number of thiophene rings is 1. The molecule has 41 heavy (non-hydrogen) atoms. The van der Waals surface area contributed by atoms with Crippen molar-refractivity contribution in [3.05, 3.63) is 134 Å². The number of pyridine rings is 1. The molecule has 10 aromatic rings. The third-order valence-corrected chi connectivity index (χ3v) is 10.00. The second-order valence-electron chi connectivity index (χ2n) is 10.9. The van der Waals surface area contributed by atoms with Crippen molar-refractivity contribution < 1.29 is 0 Å². The normalized spacial score (nSPS) is 12.4. The van der Waals surface area contributed by atoms with Gasteiger partial charge in [0.15, 0.2) is 0 Å². The van der Waals surface area contributed by atoms with Crippen LogP contribution >= 0.6 is 11.3 Å². The van der Waals surface area contributed by atoms with E-state index in [9.17, 15) is 0 Å². The molecular formula is C38H22N2S.